The van der Waals surface area contributed by atoms with Gasteiger partial charge < -0.3 is 10.6 Å². The van der Waals surface area contributed by atoms with Crippen molar-refractivity contribution in [2.45, 2.75) is 0 Å². The van der Waals surface area contributed by atoms with Gasteiger partial charge in [-0.2, -0.15) is 5.26 Å². The summed E-state index contributed by atoms with van der Waals surface area (Å²) in [5.41, 5.74) is 6.77. The lowest BCUT2D eigenvalue weighted by Gasteiger charge is -2.21. The molecule has 0 saturated heterocycles. The third-order valence-corrected chi connectivity index (χ3v) is 2.80. The van der Waals surface area contributed by atoms with E-state index >= 15 is 0 Å². The Morgan fingerprint density at radius 3 is 2.63 bits per heavy atom. The lowest BCUT2D eigenvalue weighted by Crippen LogP contribution is -2.13. The van der Waals surface area contributed by atoms with Gasteiger partial charge in [0.1, 0.15) is 5.82 Å². The Hall–Kier alpha value is -2.61. The number of nitrogens with zero attached hydrogens (tertiary/aromatic N) is 2. The number of nitriles is 1. The normalized spacial score (nSPS) is 10.0. The van der Waals surface area contributed by atoms with Crippen LogP contribution in [-0.2, 0) is 0 Å². The van der Waals surface area contributed by atoms with Crippen molar-refractivity contribution in [1.29, 1.82) is 5.26 Å². The molecule has 0 saturated carbocycles. The topological polar surface area (TPSA) is 53.0 Å². The van der Waals surface area contributed by atoms with Gasteiger partial charge in [-0.1, -0.05) is 6.07 Å². The summed E-state index contributed by atoms with van der Waals surface area (Å²) >= 11 is 0. The number of halogens is 2. The maximum absolute atomic E-state index is 13.4. The zero-order valence-corrected chi connectivity index (χ0v) is 10.2. The molecule has 0 amide bonds. The summed E-state index contributed by atoms with van der Waals surface area (Å²) in [5, 5.41) is 8.84. The number of nitrogens with two attached hydrogens (primary N) is 1. The Balaban J connectivity index is 2.50. The number of hydrogen-bond donors (Lipinski definition) is 1. The highest BCUT2D eigenvalue weighted by molar-refractivity contribution is 5.75. The van der Waals surface area contributed by atoms with E-state index in [4.69, 9.17) is 11.0 Å². The van der Waals surface area contributed by atoms with Crippen LogP contribution in [-0.4, -0.2) is 7.05 Å². The van der Waals surface area contributed by atoms with Gasteiger partial charge in [0.15, 0.2) is 5.82 Å². The summed E-state index contributed by atoms with van der Waals surface area (Å²) in [5.74, 6) is -1.51. The Bertz CT molecular complexity index is 662. The van der Waals surface area contributed by atoms with Crippen LogP contribution in [0.2, 0.25) is 0 Å². The van der Waals surface area contributed by atoms with E-state index in [9.17, 15) is 8.78 Å². The van der Waals surface area contributed by atoms with Crippen LogP contribution in [0.4, 0.5) is 25.8 Å². The minimum Gasteiger partial charge on any atom is -0.395 e. The molecular formula is C14H11F2N3. The van der Waals surface area contributed by atoms with Crippen molar-refractivity contribution in [3.05, 3.63) is 53.6 Å². The van der Waals surface area contributed by atoms with Crippen LogP contribution in [0.25, 0.3) is 0 Å². The number of anilines is 3. The van der Waals surface area contributed by atoms with Crippen LogP contribution in [0, 0.1) is 23.0 Å². The molecule has 19 heavy (non-hydrogen) atoms. The van der Waals surface area contributed by atoms with E-state index in [-0.39, 0.29) is 11.4 Å². The Labute approximate surface area is 109 Å². The van der Waals surface area contributed by atoms with Gasteiger partial charge in [-0.3, -0.25) is 0 Å². The summed E-state index contributed by atoms with van der Waals surface area (Å²) in [7, 11) is 1.63. The van der Waals surface area contributed by atoms with Gasteiger partial charge in [-0.15, -0.1) is 0 Å². The lowest BCUT2D eigenvalue weighted by molar-refractivity contribution is 0.586. The third-order valence-electron chi connectivity index (χ3n) is 2.80. The molecule has 2 aromatic rings. The third kappa shape index (κ3) is 2.47. The smallest absolute Gasteiger partial charge is 0.151 e. The van der Waals surface area contributed by atoms with Crippen LogP contribution in [0.15, 0.2) is 36.4 Å². The van der Waals surface area contributed by atoms with Crippen molar-refractivity contribution in [2.24, 2.45) is 0 Å². The second-order valence-corrected chi connectivity index (χ2v) is 4.04. The number of hydrogen-bond acceptors (Lipinski definition) is 3. The molecular weight excluding hydrogens is 248 g/mol. The van der Waals surface area contributed by atoms with Gasteiger partial charge in [0.25, 0.3) is 0 Å². The van der Waals surface area contributed by atoms with Gasteiger partial charge >= 0.3 is 0 Å². The largest absolute Gasteiger partial charge is 0.395 e. The van der Waals surface area contributed by atoms with Crippen molar-refractivity contribution >= 4 is 17.1 Å². The van der Waals surface area contributed by atoms with Crippen molar-refractivity contribution in [2.75, 3.05) is 17.7 Å². The predicted molar refractivity (Wildman–Crippen MR) is 70.0 cm³/mol. The monoisotopic (exact) mass is 259 g/mol. The first-order valence-electron chi connectivity index (χ1n) is 5.51. The summed E-state index contributed by atoms with van der Waals surface area (Å²) in [6.07, 6.45) is 0. The zero-order chi connectivity index (χ0) is 14.0. The summed E-state index contributed by atoms with van der Waals surface area (Å²) in [4.78, 5) is 1.53. The van der Waals surface area contributed by atoms with E-state index in [0.29, 0.717) is 11.3 Å². The SMILES string of the molecule is CN(c1cccc(C#N)c1)c1cc(F)cc(F)c1N. The number of nitrogen functional groups attached to an aromatic ring is 1. The maximum Gasteiger partial charge on any atom is 0.151 e. The molecule has 5 heteroatoms. The molecule has 0 aromatic heterocycles. The summed E-state index contributed by atoms with van der Waals surface area (Å²) in [6, 6.07) is 10.6. The van der Waals surface area contributed by atoms with Gasteiger partial charge in [0.2, 0.25) is 0 Å². The standard InChI is InChI=1S/C14H11F2N3/c1-19(11-4-2-3-9(5-11)8-17)13-7-10(15)6-12(16)14(13)18/h2-7H,18H2,1H3. The van der Waals surface area contributed by atoms with Crippen molar-refractivity contribution in [3.63, 3.8) is 0 Å². The molecule has 0 bridgehead atoms. The first kappa shape index (κ1) is 12.8. The Morgan fingerprint density at radius 1 is 1.21 bits per heavy atom. The molecule has 96 valence electrons. The van der Waals surface area contributed by atoms with Crippen LogP contribution >= 0.6 is 0 Å². The number of rotatable bonds is 2. The minimum atomic E-state index is -0.807. The zero-order valence-electron chi connectivity index (χ0n) is 10.2. The first-order valence-corrected chi connectivity index (χ1v) is 5.51. The maximum atomic E-state index is 13.4. The molecule has 2 rings (SSSR count). The van der Waals surface area contributed by atoms with E-state index < -0.39 is 11.6 Å². The van der Waals surface area contributed by atoms with Gasteiger partial charge in [-0.25, -0.2) is 8.78 Å². The fourth-order valence-electron chi connectivity index (χ4n) is 1.77. The Kier molecular flexibility index (Phi) is 3.34. The highest BCUT2D eigenvalue weighted by atomic mass is 19.1. The van der Waals surface area contributed by atoms with Crippen molar-refractivity contribution in [1.82, 2.24) is 0 Å². The summed E-state index contributed by atoms with van der Waals surface area (Å²) < 4.78 is 26.7. The van der Waals surface area contributed by atoms with Crippen molar-refractivity contribution < 1.29 is 8.78 Å². The minimum absolute atomic E-state index is 0.133. The quantitative estimate of drug-likeness (QED) is 0.843. The molecule has 2 aromatic carbocycles. The average Bonchev–Trinajstić information content (AvgIpc) is 2.42. The highest BCUT2D eigenvalue weighted by Crippen LogP contribution is 2.31. The summed E-state index contributed by atoms with van der Waals surface area (Å²) in [6.45, 7) is 0. The second-order valence-electron chi connectivity index (χ2n) is 4.04. The highest BCUT2D eigenvalue weighted by Gasteiger charge is 2.13. The molecule has 0 unspecified atom stereocenters. The van der Waals surface area contributed by atoms with E-state index in [1.54, 1.807) is 31.3 Å². The molecule has 0 aliphatic rings. The van der Waals surface area contributed by atoms with E-state index in [1.165, 1.54) is 4.90 Å². The fourth-order valence-corrected chi connectivity index (χ4v) is 1.77. The Morgan fingerprint density at radius 2 is 1.95 bits per heavy atom. The average molecular weight is 259 g/mol. The van der Waals surface area contributed by atoms with Gasteiger partial charge in [0, 0.05) is 18.8 Å². The molecule has 0 radical (unpaired) electrons. The molecule has 2 N–H and O–H groups in total. The van der Waals surface area contributed by atoms with Gasteiger partial charge in [-0.05, 0) is 24.3 Å². The number of benzene rings is 2. The molecule has 0 heterocycles. The second kappa shape index (κ2) is 4.94. The molecule has 0 spiro atoms. The van der Waals surface area contributed by atoms with E-state index in [2.05, 4.69) is 0 Å². The van der Waals surface area contributed by atoms with Crippen LogP contribution in [0.3, 0.4) is 0 Å². The van der Waals surface area contributed by atoms with Crippen LogP contribution in [0.1, 0.15) is 5.56 Å². The van der Waals surface area contributed by atoms with Crippen molar-refractivity contribution in [3.8, 4) is 6.07 Å². The van der Waals surface area contributed by atoms with E-state index in [1.807, 2.05) is 6.07 Å². The van der Waals surface area contributed by atoms with Crippen LogP contribution < -0.4 is 10.6 Å². The molecule has 0 aliphatic heterocycles. The predicted octanol–water partition coefficient (Wildman–Crippen LogP) is 3.19. The lowest BCUT2D eigenvalue weighted by atomic mass is 10.1. The molecule has 3 nitrogen and oxygen atoms in total. The van der Waals surface area contributed by atoms with Gasteiger partial charge in [0.05, 0.1) is 23.0 Å². The van der Waals surface area contributed by atoms with Crippen LogP contribution in [0.5, 0.6) is 0 Å². The fraction of sp³-hybridized carbons (Fsp3) is 0.0714. The molecule has 0 aliphatic carbocycles. The molecule has 0 atom stereocenters. The first-order chi connectivity index (χ1) is 9.02. The molecule has 0 fully saturated rings. The van der Waals surface area contributed by atoms with E-state index in [0.717, 1.165) is 12.1 Å².